The molecule has 3 rings (SSSR count). The minimum atomic E-state index is -2.50. The Morgan fingerprint density at radius 3 is 2.26 bits per heavy atom. The van der Waals surface area contributed by atoms with Crippen LogP contribution in [0.5, 0.6) is 5.75 Å². The van der Waals surface area contributed by atoms with E-state index in [1.165, 1.54) is 0 Å². The largest absolute Gasteiger partial charge is 0.491 e. The van der Waals surface area contributed by atoms with E-state index < -0.39 is 12.0 Å². The number of piperazine rings is 1. The number of aliphatic hydroxyl groups is 1. The van der Waals surface area contributed by atoms with Crippen LogP contribution >= 0.6 is 0 Å². The fourth-order valence-corrected chi connectivity index (χ4v) is 3.56. The topological polar surface area (TPSA) is 39.2 Å². The second-order valence-electron chi connectivity index (χ2n) is 7.84. The summed E-state index contributed by atoms with van der Waals surface area (Å²) in [6.07, 6.45) is -0.623. The number of hydrogen-bond acceptors (Lipinski definition) is 5. The van der Waals surface area contributed by atoms with Crippen molar-refractivity contribution in [2.24, 2.45) is 0 Å². The number of hydrogen-bond donors (Lipinski definition) is 1. The van der Waals surface area contributed by atoms with E-state index in [1.807, 2.05) is 24.3 Å². The summed E-state index contributed by atoms with van der Waals surface area (Å²) in [5.41, 5.74) is 1.09. The van der Waals surface area contributed by atoms with E-state index in [2.05, 4.69) is 21.7 Å². The molecule has 152 valence electrons. The molecule has 2 aliphatic heterocycles. The fourth-order valence-electron chi connectivity index (χ4n) is 3.56. The van der Waals surface area contributed by atoms with Crippen LogP contribution in [0.1, 0.15) is 18.4 Å². The summed E-state index contributed by atoms with van der Waals surface area (Å²) in [4.78, 5) is 6.61. The first-order valence-electron chi connectivity index (χ1n) is 9.80. The van der Waals surface area contributed by atoms with E-state index >= 15 is 0 Å². The van der Waals surface area contributed by atoms with Gasteiger partial charge in [-0.3, -0.25) is 9.80 Å². The third kappa shape index (κ3) is 6.68. The zero-order valence-electron chi connectivity index (χ0n) is 16.1. The van der Waals surface area contributed by atoms with Crippen LogP contribution in [-0.2, 0) is 6.54 Å². The van der Waals surface area contributed by atoms with Gasteiger partial charge in [0.15, 0.2) is 0 Å². The van der Waals surface area contributed by atoms with Crippen molar-refractivity contribution < 1.29 is 18.6 Å². The highest BCUT2D eigenvalue weighted by atomic mass is 19.3. The number of likely N-dealkylation sites (N-methyl/N-ethyl adjacent to an activating group) is 1. The number of likely N-dealkylation sites (tertiary alicyclic amines) is 1. The van der Waals surface area contributed by atoms with E-state index in [-0.39, 0.29) is 19.4 Å². The smallest absolute Gasteiger partial charge is 0.250 e. The summed E-state index contributed by atoms with van der Waals surface area (Å²) in [5.74, 6) is -1.78. The Labute approximate surface area is 160 Å². The molecule has 1 atom stereocenters. The first-order chi connectivity index (χ1) is 12.9. The Balaban J connectivity index is 1.37. The summed E-state index contributed by atoms with van der Waals surface area (Å²) in [6.45, 7) is 6.47. The number of β-amino-alcohol motifs (C(OH)–C–C–N with tert-alkyl or cyclic N) is 1. The molecular formula is C20H31F2N3O2. The number of halogens is 2. The third-order valence-corrected chi connectivity index (χ3v) is 5.42. The molecule has 0 aromatic heterocycles. The number of ether oxygens (including phenoxy) is 1. The van der Waals surface area contributed by atoms with E-state index in [9.17, 15) is 13.9 Å². The van der Waals surface area contributed by atoms with Crippen LogP contribution in [0.2, 0.25) is 0 Å². The number of aliphatic hydroxyl groups excluding tert-OH is 1. The van der Waals surface area contributed by atoms with Crippen molar-refractivity contribution in [2.45, 2.75) is 31.4 Å². The molecule has 5 nitrogen and oxygen atoms in total. The first-order valence-corrected chi connectivity index (χ1v) is 9.80. The van der Waals surface area contributed by atoms with E-state index in [0.29, 0.717) is 26.2 Å². The normalized spacial score (nSPS) is 23.3. The van der Waals surface area contributed by atoms with Crippen LogP contribution in [0.3, 0.4) is 0 Å². The average molecular weight is 383 g/mol. The number of rotatable bonds is 7. The highest BCUT2D eigenvalue weighted by Gasteiger charge is 2.33. The molecule has 2 fully saturated rings. The number of alkyl halides is 2. The predicted molar refractivity (Wildman–Crippen MR) is 101 cm³/mol. The maximum absolute atomic E-state index is 13.2. The van der Waals surface area contributed by atoms with Gasteiger partial charge in [0.2, 0.25) is 0 Å². The molecule has 0 unspecified atom stereocenters. The van der Waals surface area contributed by atoms with Crippen LogP contribution in [-0.4, -0.2) is 91.3 Å². The standard InChI is InChI=1S/C20H31F2N3O2/c1-23-10-12-25(13-11-23)15-18(26)16-27-19-4-2-17(3-5-19)14-24-8-6-20(21,22)7-9-24/h2-5,18,26H,6-16H2,1H3/t18-/m0/s1. The molecule has 0 amide bonds. The Morgan fingerprint density at radius 2 is 1.63 bits per heavy atom. The predicted octanol–water partition coefficient (Wildman–Crippen LogP) is 1.90. The van der Waals surface area contributed by atoms with Gasteiger partial charge in [0, 0.05) is 65.2 Å². The molecule has 27 heavy (non-hydrogen) atoms. The lowest BCUT2D eigenvalue weighted by molar-refractivity contribution is -0.0566. The van der Waals surface area contributed by atoms with E-state index in [0.717, 1.165) is 37.5 Å². The number of nitrogens with zero attached hydrogens (tertiary/aromatic N) is 3. The van der Waals surface area contributed by atoms with Crippen LogP contribution in [0, 0.1) is 0 Å². The Bertz CT molecular complexity index is 567. The van der Waals surface area contributed by atoms with Gasteiger partial charge in [-0.1, -0.05) is 12.1 Å². The van der Waals surface area contributed by atoms with Gasteiger partial charge in [-0.05, 0) is 24.7 Å². The highest BCUT2D eigenvalue weighted by molar-refractivity contribution is 5.27. The first kappa shape index (κ1) is 20.5. The summed E-state index contributed by atoms with van der Waals surface area (Å²) in [7, 11) is 2.11. The Morgan fingerprint density at radius 1 is 1.00 bits per heavy atom. The summed E-state index contributed by atoms with van der Waals surface area (Å²) < 4.78 is 32.1. The van der Waals surface area contributed by atoms with Crippen molar-refractivity contribution in [1.29, 1.82) is 0 Å². The molecule has 1 N–H and O–H groups in total. The zero-order chi connectivity index (χ0) is 19.3. The minimum absolute atomic E-state index is 0.0562. The van der Waals surface area contributed by atoms with Crippen molar-refractivity contribution in [3.63, 3.8) is 0 Å². The molecule has 0 saturated carbocycles. The molecular weight excluding hydrogens is 352 g/mol. The van der Waals surface area contributed by atoms with Gasteiger partial charge in [0.25, 0.3) is 5.92 Å². The highest BCUT2D eigenvalue weighted by Crippen LogP contribution is 2.28. The van der Waals surface area contributed by atoms with Gasteiger partial charge in [0.05, 0.1) is 0 Å². The van der Waals surface area contributed by atoms with Gasteiger partial charge >= 0.3 is 0 Å². The SMILES string of the molecule is CN1CCN(C[C@H](O)COc2ccc(CN3CCC(F)(F)CC3)cc2)CC1. The molecule has 2 aliphatic rings. The zero-order valence-corrected chi connectivity index (χ0v) is 16.1. The van der Waals surface area contributed by atoms with Crippen molar-refractivity contribution in [2.75, 3.05) is 59.5 Å². The molecule has 2 saturated heterocycles. The Kier molecular flexibility index (Phi) is 7.03. The summed E-state index contributed by atoms with van der Waals surface area (Å²) in [5, 5.41) is 10.2. The van der Waals surface area contributed by atoms with Gasteiger partial charge in [-0.25, -0.2) is 8.78 Å². The van der Waals surface area contributed by atoms with Crippen LogP contribution in [0.25, 0.3) is 0 Å². The number of piperidine rings is 1. The third-order valence-electron chi connectivity index (χ3n) is 5.42. The lowest BCUT2D eigenvalue weighted by Crippen LogP contribution is -2.47. The van der Waals surface area contributed by atoms with Crippen molar-refractivity contribution in [3.05, 3.63) is 29.8 Å². The van der Waals surface area contributed by atoms with Crippen molar-refractivity contribution in [3.8, 4) is 5.75 Å². The quantitative estimate of drug-likeness (QED) is 0.779. The minimum Gasteiger partial charge on any atom is -0.491 e. The molecule has 0 aliphatic carbocycles. The fraction of sp³-hybridized carbons (Fsp3) is 0.700. The second-order valence-corrected chi connectivity index (χ2v) is 7.84. The summed E-state index contributed by atoms with van der Waals surface area (Å²) in [6, 6.07) is 7.71. The van der Waals surface area contributed by atoms with Crippen molar-refractivity contribution >= 4 is 0 Å². The lowest BCUT2D eigenvalue weighted by Gasteiger charge is -2.33. The summed E-state index contributed by atoms with van der Waals surface area (Å²) >= 11 is 0. The van der Waals surface area contributed by atoms with Gasteiger partial charge in [-0.15, -0.1) is 0 Å². The lowest BCUT2D eigenvalue weighted by atomic mass is 10.1. The number of benzene rings is 1. The molecule has 7 heteroatoms. The van der Waals surface area contributed by atoms with Crippen LogP contribution in [0.4, 0.5) is 8.78 Å². The van der Waals surface area contributed by atoms with Crippen LogP contribution in [0.15, 0.2) is 24.3 Å². The molecule has 0 radical (unpaired) electrons. The van der Waals surface area contributed by atoms with Gasteiger partial charge in [0.1, 0.15) is 18.5 Å². The molecule has 1 aromatic carbocycles. The van der Waals surface area contributed by atoms with Gasteiger partial charge in [-0.2, -0.15) is 0 Å². The molecule has 0 spiro atoms. The molecule has 1 aromatic rings. The monoisotopic (exact) mass is 383 g/mol. The van der Waals surface area contributed by atoms with E-state index in [4.69, 9.17) is 4.74 Å². The van der Waals surface area contributed by atoms with E-state index in [1.54, 1.807) is 0 Å². The maximum atomic E-state index is 13.2. The van der Waals surface area contributed by atoms with Crippen LogP contribution < -0.4 is 4.74 Å². The molecule has 2 heterocycles. The Hall–Kier alpha value is -1.28. The van der Waals surface area contributed by atoms with Gasteiger partial charge < -0.3 is 14.7 Å². The van der Waals surface area contributed by atoms with Crippen molar-refractivity contribution in [1.82, 2.24) is 14.7 Å². The second kappa shape index (κ2) is 9.28. The maximum Gasteiger partial charge on any atom is 0.250 e. The molecule has 0 bridgehead atoms. The average Bonchev–Trinajstić information content (AvgIpc) is 2.65.